The number of alkyl halides is 3. The first-order valence-corrected chi connectivity index (χ1v) is 8.77. The second-order valence-electron chi connectivity index (χ2n) is 6.16. The Hall–Kier alpha value is -3.07. The molecule has 10 heteroatoms. The first-order valence-electron chi connectivity index (χ1n) is 8.39. The topological polar surface area (TPSA) is 73.2 Å². The number of carbonyl (C=O) groups excluding carboxylic acids is 1. The highest BCUT2D eigenvalue weighted by Crippen LogP contribution is 2.29. The highest BCUT2D eigenvalue weighted by molar-refractivity contribution is 6.31. The van der Waals surface area contributed by atoms with E-state index in [0.29, 0.717) is 16.7 Å². The van der Waals surface area contributed by atoms with Gasteiger partial charge in [-0.3, -0.25) is 14.2 Å². The summed E-state index contributed by atoms with van der Waals surface area (Å²) in [5.74, 6) is -0.518. The summed E-state index contributed by atoms with van der Waals surface area (Å²) in [6.07, 6.45) is -4.54. The Morgan fingerprint density at radius 3 is 2.69 bits per heavy atom. The van der Waals surface area contributed by atoms with Gasteiger partial charge < -0.3 is 10.1 Å². The molecule has 0 aliphatic rings. The third-order valence-corrected chi connectivity index (χ3v) is 4.20. The lowest BCUT2D eigenvalue weighted by molar-refractivity contribution is -0.153. The molecule has 0 saturated carbocycles. The number of anilines is 1. The second kappa shape index (κ2) is 8.12. The molecule has 152 valence electrons. The van der Waals surface area contributed by atoms with Crippen LogP contribution in [0.2, 0.25) is 5.02 Å². The van der Waals surface area contributed by atoms with Crippen molar-refractivity contribution in [1.29, 1.82) is 0 Å². The smallest absolute Gasteiger partial charge is 0.422 e. The average Bonchev–Trinajstić information content (AvgIpc) is 2.64. The molecule has 0 atom stereocenters. The number of rotatable bonds is 5. The van der Waals surface area contributed by atoms with Crippen molar-refractivity contribution in [3.8, 4) is 5.75 Å². The van der Waals surface area contributed by atoms with E-state index in [0.717, 1.165) is 0 Å². The summed E-state index contributed by atoms with van der Waals surface area (Å²) in [5, 5.41) is 2.98. The van der Waals surface area contributed by atoms with E-state index in [1.54, 1.807) is 31.2 Å². The standard InChI is InChI=1S/C19H15ClF3N3O3/c1-11-24-14-5-3-2-4-13(14)18(28)26(11)9-17(27)25-15-8-12(20)6-7-16(15)29-10-19(21,22)23/h2-8H,9-10H2,1H3,(H,25,27). The van der Waals surface area contributed by atoms with Gasteiger partial charge in [-0.05, 0) is 37.3 Å². The number of amides is 1. The zero-order valence-electron chi connectivity index (χ0n) is 15.1. The van der Waals surface area contributed by atoms with Crippen LogP contribution < -0.4 is 15.6 Å². The molecule has 0 fully saturated rings. The molecule has 1 N–H and O–H groups in total. The molecule has 6 nitrogen and oxygen atoms in total. The number of ether oxygens (including phenoxy) is 1. The van der Waals surface area contributed by atoms with Crippen molar-refractivity contribution in [3.05, 3.63) is 63.7 Å². The summed E-state index contributed by atoms with van der Waals surface area (Å²) in [6, 6.07) is 10.5. The zero-order valence-corrected chi connectivity index (χ0v) is 15.8. The molecule has 29 heavy (non-hydrogen) atoms. The summed E-state index contributed by atoms with van der Waals surface area (Å²) in [7, 11) is 0. The van der Waals surface area contributed by atoms with Crippen LogP contribution in [0.5, 0.6) is 5.75 Å². The number of para-hydroxylation sites is 1. The van der Waals surface area contributed by atoms with Gasteiger partial charge in [0.25, 0.3) is 5.56 Å². The number of aromatic nitrogens is 2. The first-order chi connectivity index (χ1) is 13.6. The fraction of sp³-hybridized carbons (Fsp3) is 0.211. The van der Waals surface area contributed by atoms with Crippen molar-refractivity contribution in [1.82, 2.24) is 9.55 Å². The molecule has 2 aromatic carbocycles. The van der Waals surface area contributed by atoms with E-state index < -0.39 is 24.2 Å². The van der Waals surface area contributed by atoms with Gasteiger partial charge >= 0.3 is 6.18 Å². The van der Waals surface area contributed by atoms with Crippen molar-refractivity contribution >= 4 is 34.1 Å². The number of halogens is 4. The van der Waals surface area contributed by atoms with Crippen LogP contribution in [-0.2, 0) is 11.3 Å². The van der Waals surface area contributed by atoms with E-state index in [1.807, 2.05) is 0 Å². The predicted molar refractivity (Wildman–Crippen MR) is 102 cm³/mol. The van der Waals surface area contributed by atoms with Crippen LogP contribution in [0.1, 0.15) is 5.82 Å². The van der Waals surface area contributed by atoms with Crippen molar-refractivity contribution in [2.24, 2.45) is 0 Å². The van der Waals surface area contributed by atoms with Crippen molar-refractivity contribution in [2.75, 3.05) is 11.9 Å². The molecule has 0 spiro atoms. The lowest BCUT2D eigenvalue weighted by Gasteiger charge is -2.15. The molecule has 1 aromatic heterocycles. The fourth-order valence-electron chi connectivity index (χ4n) is 2.68. The minimum absolute atomic E-state index is 0.0359. The largest absolute Gasteiger partial charge is 0.482 e. The van der Waals surface area contributed by atoms with E-state index in [9.17, 15) is 22.8 Å². The molecule has 0 aliphatic carbocycles. The number of fused-ring (bicyclic) bond motifs is 1. The monoisotopic (exact) mass is 425 g/mol. The van der Waals surface area contributed by atoms with Crippen LogP contribution in [0.25, 0.3) is 10.9 Å². The third kappa shape index (κ3) is 5.05. The van der Waals surface area contributed by atoms with Gasteiger partial charge in [0, 0.05) is 5.02 Å². The lowest BCUT2D eigenvalue weighted by Crippen LogP contribution is -2.30. The van der Waals surface area contributed by atoms with E-state index in [-0.39, 0.29) is 23.0 Å². The van der Waals surface area contributed by atoms with Crippen LogP contribution in [0.4, 0.5) is 18.9 Å². The predicted octanol–water partition coefficient (Wildman–Crippen LogP) is 3.94. The fourth-order valence-corrected chi connectivity index (χ4v) is 2.86. The van der Waals surface area contributed by atoms with Gasteiger partial charge in [-0.2, -0.15) is 13.2 Å². The summed E-state index contributed by atoms with van der Waals surface area (Å²) in [5.41, 5.74) is 0.0680. The molecule has 0 unspecified atom stereocenters. The van der Waals surface area contributed by atoms with Gasteiger partial charge in [0.2, 0.25) is 5.91 Å². The van der Waals surface area contributed by atoms with E-state index in [4.69, 9.17) is 16.3 Å². The summed E-state index contributed by atoms with van der Waals surface area (Å²) >= 11 is 5.87. The zero-order chi connectivity index (χ0) is 21.2. The Balaban J connectivity index is 1.84. The maximum Gasteiger partial charge on any atom is 0.422 e. The van der Waals surface area contributed by atoms with Crippen LogP contribution >= 0.6 is 11.6 Å². The average molecular weight is 426 g/mol. The normalized spacial score (nSPS) is 11.5. The summed E-state index contributed by atoms with van der Waals surface area (Å²) in [4.78, 5) is 29.4. The minimum Gasteiger partial charge on any atom is -0.482 e. The molecule has 1 amide bonds. The Morgan fingerprint density at radius 1 is 1.24 bits per heavy atom. The van der Waals surface area contributed by atoms with Crippen molar-refractivity contribution in [3.63, 3.8) is 0 Å². The van der Waals surface area contributed by atoms with Gasteiger partial charge in [-0.1, -0.05) is 23.7 Å². The minimum atomic E-state index is -4.54. The quantitative estimate of drug-likeness (QED) is 0.672. The first kappa shape index (κ1) is 20.7. The molecular formula is C19H15ClF3N3O3. The van der Waals surface area contributed by atoms with Crippen LogP contribution in [0.15, 0.2) is 47.3 Å². The number of aryl methyl sites for hydroxylation is 1. The number of nitrogens with zero attached hydrogens (tertiary/aromatic N) is 2. The van der Waals surface area contributed by atoms with Crippen LogP contribution in [0.3, 0.4) is 0 Å². The number of nitrogens with one attached hydrogen (secondary N) is 1. The van der Waals surface area contributed by atoms with Crippen molar-refractivity contribution < 1.29 is 22.7 Å². The van der Waals surface area contributed by atoms with E-state index >= 15 is 0 Å². The Kier molecular flexibility index (Phi) is 5.78. The molecule has 0 aliphatic heterocycles. The third-order valence-electron chi connectivity index (χ3n) is 3.96. The molecule has 1 heterocycles. The molecule has 3 aromatic rings. The Morgan fingerprint density at radius 2 is 1.97 bits per heavy atom. The molecule has 0 saturated heterocycles. The lowest BCUT2D eigenvalue weighted by atomic mass is 10.2. The van der Waals surface area contributed by atoms with Crippen LogP contribution in [-0.4, -0.2) is 28.2 Å². The van der Waals surface area contributed by atoms with Gasteiger partial charge in [0.15, 0.2) is 6.61 Å². The maximum atomic E-state index is 12.6. The Bertz CT molecular complexity index is 1130. The number of hydrogen-bond acceptors (Lipinski definition) is 4. The second-order valence-corrected chi connectivity index (χ2v) is 6.60. The van der Waals surface area contributed by atoms with Crippen LogP contribution in [0, 0.1) is 6.92 Å². The van der Waals surface area contributed by atoms with Gasteiger partial charge in [0.1, 0.15) is 18.1 Å². The van der Waals surface area contributed by atoms with E-state index in [1.165, 1.54) is 22.8 Å². The number of benzene rings is 2. The maximum absolute atomic E-state index is 12.6. The van der Waals surface area contributed by atoms with Gasteiger partial charge in [-0.15, -0.1) is 0 Å². The summed E-state index contributed by atoms with van der Waals surface area (Å²) in [6.45, 7) is -0.323. The van der Waals surface area contributed by atoms with Crippen molar-refractivity contribution in [2.45, 2.75) is 19.6 Å². The van der Waals surface area contributed by atoms with E-state index in [2.05, 4.69) is 10.3 Å². The van der Waals surface area contributed by atoms with Gasteiger partial charge in [0.05, 0.1) is 16.6 Å². The molecule has 0 bridgehead atoms. The molecule has 3 rings (SSSR count). The highest BCUT2D eigenvalue weighted by Gasteiger charge is 2.29. The van der Waals surface area contributed by atoms with Gasteiger partial charge in [-0.25, -0.2) is 4.98 Å². The molecule has 0 radical (unpaired) electrons. The number of carbonyl (C=O) groups is 1. The number of hydrogen-bond donors (Lipinski definition) is 1. The molecular weight excluding hydrogens is 411 g/mol. The SMILES string of the molecule is Cc1nc2ccccc2c(=O)n1CC(=O)Nc1cc(Cl)ccc1OCC(F)(F)F. The Labute approximate surface area is 167 Å². The summed E-state index contributed by atoms with van der Waals surface area (Å²) < 4.78 is 43.2. The highest BCUT2D eigenvalue weighted by atomic mass is 35.5.